The Labute approximate surface area is 123 Å². The summed E-state index contributed by atoms with van der Waals surface area (Å²) in [5, 5.41) is 0. The lowest BCUT2D eigenvalue weighted by Gasteiger charge is -2.35. The number of benzene rings is 1. The lowest BCUT2D eigenvalue weighted by molar-refractivity contribution is 0.157. The molecule has 0 amide bonds. The van der Waals surface area contributed by atoms with Gasteiger partial charge in [-0.05, 0) is 30.0 Å². The second-order valence-corrected chi connectivity index (χ2v) is 6.86. The fraction of sp³-hybridized carbons (Fsp3) is 0.600. The van der Waals surface area contributed by atoms with E-state index in [1.54, 1.807) is 0 Å². The van der Waals surface area contributed by atoms with Gasteiger partial charge in [0.15, 0.2) is 0 Å². The first-order valence-electron chi connectivity index (χ1n) is 7.04. The molecule has 1 saturated heterocycles. The van der Waals surface area contributed by atoms with Crippen LogP contribution in [-0.2, 0) is 13.0 Å². The predicted molar refractivity (Wildman–Crippen MR) is 80.4 cm³/mol. The minimum absolute atomic E-state index is 0.310. The minimum atomic E-state index is 0.310. The van der Waals surface area contributed by atoms with Gasteiger partial charge < -0.3 is 10.5 Å². The van der Waals surface area contributed by atoms with Crippen LogP contribution < -0.4 is 10.5 Å². The molecule has 1 fully saturated rings. The first-order valence-corrected chi connectivity index (χ1v) is 7.83. The van der Waals surface area contributed by atoms with Crippen LogP contribution in [0.15, 0.2) is 16.6 Å². The van der Waals surface area contributed by atoms with Crippen molar-refractivity contribution in [3.8, 4) is 5.75 Å². The molecule has 2 aliphatic heterocycles. The maximum atomic E-state index is 6.13. The van der Waals surface area contributed by atoms with Crippen molar-refractivity contribution in [1.82, 2.24) is 4.90 Å². The number of nitrogens with zero attached hydrogens (tertiary/aromatic N) is 1. The Hall–Kier alpha value is -0.580. The standard InChI is InChI=1S/C15H21BrN2O/c1-10-4-14(17)9-18(7-10)8-12-6-13(16)5-11-2-3-19-15(11)12/h5-6,10,14H,2-4,7-9,17H2,1H3. The van der Waals surface area contributed by atoms with Gasteiger partial charge in [-0.15, -0.1) is 0 Å². The fourth-order valence-electron chi connectivity index (χ4n) is 3.35. The molecule has 2 heterocycles. The third-order valence-electron chi connectivity index (χ3n) is 3.99. The average Bonchev–Trinajstić information content (AvgIpc) is 2.75. The van der Waals surface area contributed by atoms with E-state index in [9.17, 15) is 0 Å². The average molecular weight is 325 g/mol. The van der Waals surface area contributed by atoms with Crippen LogP contribution in [0.5, 0.6) is 5.75 Å². The molecule has 0 aromatic heterocycles. The molecule has 1 aromatic carbocycles. The molecule has 2 unspecified atom stereocenters. The zero-order chi connectivity index (χ0) is 13.4. The Balaban J connectivity index is 1.80. The van der Waals surface area contributed by atoms with E-state index in [0.29, 0.717) is 12.0 Å². The monoisotopic (exact) mass is 324 g/mol. The van der Waals surface area contributed by atoms with E-state index >= 15 is 0 Å². The Morgan fingerprint density at radius 1 is 1.42 bits per heavy atom. The summed E-state index contributed by atoms with van der Waals surface area (Å²) < 4.78 is 6.95. The molecule has 3 rings (SSSR count). The Morgan fingerprint density at radius 3 is 3.05 bits per heavy atom. The highest BCUT2D eigenvalue weighted by atomic mass is 79.9. The first-order chi connectivity index (χ1) is 9.11. The molecule has 19 heavy (non-hydrogen) atoms. The van der Waals surface area contributed by atoms with Crippen LogP contribution in [0, 0.1) is 5.92 Å². The third kappa shape index (κ3) is 2.96. The van der Waals surface area contributed by atoms with E-state index in [0.717, 1.165) is 49.3 Å². The number of ether oxygens (including phenoxy) is 1. The predicted octanol–water partition coefficient (Wildman–Crippen LogP) is 2.55. The van der Waals surface area contributed by atoms with E-state index in [1.807, 2.05) is 0 Å². The van der Waals surface area contributed by atoms with Gasteiger partial charge in [0.05, 0.1) is 6.61 Å². The largest absolute Gasteiger partial charge is 0.493 e. The summed E-state index contributed by atoms with van der Waals surface area (Å²) in [7, 11) is 0. The van der Waals surface area contributed by atoms with E-state index < -0.39 is 0 Å². The number of nitrogens with two attached hydrogens (primary N) is 1. The molecular weight excluding hydrogens is 304 g/mol. The number of hydrogen-bond donors (Lipinski definition) is 1. The topological polar surface area (TPSA) is 38.5 Å². The molecule has 0 saturated carbocycles. The summed E-state index contributed by atoms with van der Waals surface area (Å²) in [5.41, 5.74) is 8.76. The molecule has 0 aliphatic carbocycles. The molecule has 0 spiro atoms. The van der Waals surface area contributed by atoms with Crippen LogP contribution in [0.2, 0.25) is 0 Å². The van der Waals surface area contributed by atoms with Gasteiger partial charge in [-0.1, -0.05) is 22.9 Å². The first kappa shape index (κ1) is 13.4. The Bertz CT molecular complexity index is 467. The maximum Gasteiger partial charge on any atom is 0.127 e. The second-order valence-electron chi connectivity index (χ2n) is 5.95. The zero-order valence-electron chi connectivity index (χ0n) is 11.4. The van der Waals surface area contributed by atoms with Gasteiger partial charge in [0.2, 0.25) is 0 Å². The van der Waals surface area contributed by atoms with Crippen molar-refractivity contribution in [1.29, 1.82) is 0 Å². The summed E-state index contributed by atoms with van der Waals surface area (Å²) in [6.45, 7) is 6.17. The second kappa shape index (κ2) is 5.43. The van der Waals surface area contributed by atoms with Crippen molar-refractivity contribution in [2.45, 2.75) is 32.4 Å². The highest BCUT2D eigenvalue weighted by molar-refractivity contribution is 9.10. The van der Waals surface area contributed by atoms with Crippen LogP contribution in [0.25, 0.3) is 0 Å². The zero-order valence-corrected chi connectivity index (χ0v) is 12.9. The Morgan fingerprint density at radius 2 is 2.26 bits per heavy atom. The number of hydrogen-bond acceptors (Lipinski definition) is 3. The highest BCUT2D eigenvalue weighted by Crippen LogP contribution is 2.34. The number of likely N-dealkylation sites (tertiary alicyclic amines) is 1. The SMILES string of the molecule is CC1CC(N)CN(Cc2cc(Br)cc3c2OCC3)C1. The van der Waals surface area contributed by atoms with Gasteiger partial charge in [0, 0.05) is 42.1 Å². The highest BCUT2D eigenvalue weighted by Gasteiger charge is 2.24. The van der Waals surface area contributed by atoms with E-state index in [4.69, 9.17) is 10.5 Å². The molecule has 3 nitrogen and oxygen atoms in total. The number of fused-ring (bicyclic) bond motifs is 1. The van der Waals surface area contributed by atoms with Crippen LogP contribution in [0.1, 0.15) is 24.5 Å². The molecule has 4 heteroatoms. The molecule has 104 valence electrons. The van der Waals surface area contributed by atoms with Crippen molar-refractivity contribution >= 4 is 15.9 Å². The van der Waals surface area contributed by atoms with Crippen LogP contribution in [0.3, 0.4) is 0 Å². The molecule has 0 radical (unpaired) electrons. The van der Waals surface area contributed by atoms with Gasteiger partial charge in [-0.25, -0.2) is 0 Å². The number of rotatable bonds is 2. The van der Waals surface area contributed by atoms with Gasteiger partial charge in [0.25, 0.3) is 0 Å². The maximum absolute atomic E-state index is 6.13. The van der Waals surface area contributed by atoms with Gasteiger partial charge in [0.1, 0.15) is 5.75 Å². The van der Waals surface area contributed by atoms with E-state index in [-0.39, 0.29) is 0 Å². The smallest absolute Gasteiger partial charge is 0.127 e. The third-order valence-corrected chi connectivity index (χ3v) is 4.44. The van der Waals surface area contributed by atoms with Crippen LogP contribution >= 0.6 is 15.9 Å². The Kier molecular flexibility index (Phi) is 3.83. The van der Waals surface area contributed by atoms with Crippen molar-refractivity contribution < 1.29 is 4.74 Å². The lowest BCUT2D eigenvalue weighted by Crippen LogP contribution is -2.45. The summed E-state index contributed by atoms with van der Waals surface area (Å²) >= 11 is 3.61. The number of piperidine rings is 1. The van der Waals surface area contributed by atoms with Crippen LogP contribution in [-0.4, -0.2) is 30.6 Å². The van der Waals surface area contributed by atoms with Crippen molar-refractivity contribution in [2.24, 2.45) is 11.7 Å². The van der Waals surface area contributed by atoms with Crippen molar-refractivity contribution in [3.05, 3.63) is 27.7 Å². The lowest BCUT2D eigenvalue weighted by atomic mass is 9.96. The molecule has 2 N–H and O–H groups in total. The molecule has 0 bridgehead atoms. The van der Waals surface area contributed by atoms with Gasteiger partial charge >= 0.3 is 0 Å². The van der Waals surface area contributed by atoms with E-state index in [2.05, 4.69) is 39.9 Å². The van der Waals surface area contributed by atoms with Crippen molar-refractivity contribution in [2.75, 3.05) is 19.7 Å². The molecule has 2 aliphatic rings. The summed E-state index contributed by atoms with van der Waals surface area (Å²) in [4.78, 5) is 2.46. The quantitative estimate of drug-likeness (QED) is 0.908. The molecule has 2 atom stereocenters. The van der Waals surface area contributed by atoms with Crippen LogP contribution in [0.4, 0.5) is 0 Å². The molecular formula is C15H21BrN2O. The normalized spacial score (nSPS) is 27.1. The summed E-state index contributed by atoms with van der Waals surface area (Å²) in [6.07, 6.45) is 2.17. The number of halogens is 1. The minimum Gasteiger partial charge on any atom is -0.493 e. The van der Waals surface area contributed by atoms with Gasteiger partial charge in [-0.2, -0.15) is 0 Å². The van der Waals surface area contributed by atoms with Gasteiger partial charge in [-0.3, -0.25) is 4.90 Å². The molecule has 1 aromatic rings. The van der Waals surface area contributed by atoms with Crippen molar-refractivity contribution in [3.63, 3.8) is 0 Å². The summed E-state index contributed by atoms with van der Waals surface area (Å²) in [6, 6.07) is 4.68. The van der Waals surface area contributed by atoms with E-state index in [1.165, 1.54) is 11.1 Å². The summed E-state index contributed by atoms with van der Waals surface area (Å²) in [5.74, 6) is 1.79. The fourth-order valence-corrected chi connectivity index (χ4v) is 3.90.